The number of hydrogen-bond donors (Lipinski definition) is 1. The maximum absolute atomic E-state index is 12.1. The Balaban J connectivity index is 2.58. The predicted octanol–water partition coefficient (Wildman–Crippen LogP) is 4.13. The summed E-state index contributed by atoms with van der Waals surface area (Å²) in [5, 5.41) is 3.29. The number of hydrogen-bond acceptors (Lipinski definition) is 3. The summed E-state index contributed by atoms with van der Waals surface area (Å²) in [6, 6.07) is 5.83. The summed E-state index contributed by atoms with van der Waals surface area (Å²) in [6.07, 6.45) is -2.83. The second-order valence-corrected chi connectivity index (χ2v) is 5.11. The van der Waals surface area contributed by atoms with Crippen LogP contribution in [0.15, 0.2) is 24.3 Å². The molecule has 0 aromatic heterocycles. The molecule has 1 unspecified atom stereocenters. The van der Waals surface area contributed by atoms with Crippen LogP contribution >= 0.6 is 0 Å². The topological polar surface area (TPSA) is 30.5 Å². The highest BCUT2D eigenvalue weighted by Gasteiger charge is 2.31. The maximum atomic E-state index is 12.1. The van der Waals surface area contributed by atoms with E-state index < -0.39 is 6.36 Å². The largest absolute Gasteiger partial charge is 0.573 e. The fourth-order valence-electron chi connectivity index (χ4n) is 1.80. The van der Waals surface area contributed by atoms with Gasteiger partial charge >= 0.3 is 6.36 Å². The summed E-state index contributed by atoms with van der Waals surface area (Å²) >= 11 is 0. The van der Waals surface area contributed by atoms with Crippen LogP contribution in [0.3, 0.4) is 0 Å². The van der Waals surface area contributed by atoms with Gasteiger partial charge in [-0.2, -0.15) is 0 Å². The Kier molecular flexibility index (Phi) is 6.81. The Morgan fingerprint density at radius 2 is 1.67 bits per heavy atom. The Bertz CT molecular complexity index is 404. The van der Waals surface area contributed by atoms with Crippen molar-refractivity contribution in [2.45, 2.75) is 52.1 Å². The molecule has 0 amide bonds. The zero-order valence-electron chi connectivity index (χ0n) is 12.5. The maximum Gasteiger partial charge on any atom is 0.573 e. The van der Waals surface area contributed by atoms with Crippen LogP contribution in [0.5, 0.6) is 11.5 Å². The second kappa shape index (κ2) is 8.12. The van der Waals surface area contributed by atoms with Crippen LogP contribution in [-0.4, -0.2) is 25.1 Å². The van der Waals surface area contributed by atoms with E-state index in [2.05, 4.69) is 17.0 Å². The monoisotopic (exact) mass is 305 g/mol. The molecule has 120 valence electrons. The van der Waals surface area contributed by atoms with E-state index in [-0.39, 0.29) is 11.9 Å². The van der Waals surface area contributed by atoms with Crippen LogP contribution in [0.1, 0.15) is 33.6 Å². The summed E-state index contributed by atoms with van der Waals surface area (Å²) in [4.78, 5) is 0. The summed E-state index contributed by atoms with van der Waals surface area (Å²) < 4.78 is 45.8. The lowest BCUT2D eigenvalue weighted by molar-refractivity contribution is -0.274. The third kappa shape index (κ3) is 7.80. The zero-order chi connectivity index (χ0) is 15.9. The lowest BCUT2D eigenvalue weighted by Gasteiger charge is -2.20. The zero-order valence-corrected chi connectivity index (χ0v) is 12.5. The average Bonchev–Trinajstić information content (AvgIpc) is 2.37. The van der Waals surface area contributed by atoms with Crippen molar-refractivity contribution in [1.29, 1.82) is 0 Å². The molecule has 6 heteroatoms. The van der Waals surface area contributed by atoms with Gasteiger partial charge in [0.1, 0.15) is 17.6 Å². The van der Waals surface area contributed by atoms with Crippen LogP contribution in [0.25, 0.3) is 0 Å². The first-order valence-electron chi connectivity index (χ1n) is 7.06. The van der Waals surface area contributed by atoms with E-state index in [1.165, 1.54) is 24.3 Å². The van der Waals surface area contributed by atoms with E-state index in [1.807, 2.05) is 13.8 Å². The van der Waals surface area contributed by atoms with Crippen molar-refractivity contribution in [1.82, 2.24) is 5.32 Å². The van der Waals surface area contributed by atoms with Crippen molar-refractivity contribution in [2.75, 3.05) is 6.54 Å². The van der Waals surface area contributed by atoms with Gasteiger partial charge in [-0.3, -0.25) is 0 Å². The van der Waals surface area contributed by atoms with E-state index in [1.54, 1.807) is 0 Å². The molecule has 0 saturated heterocycles. The highest BCUT2D eigenvalue weighted by atomic mass is 19.4. The van der Waals surface area contributed by atoms with E-state index in [0.29, 0.717) is 18.3 Å². The summed E-state index contributed by atoms with van der Waals surface area (Å²) in [5.74, 6) is 0.288. The standard InChI is InChI=1S/C15H22F3NO2/c1-4-5-14(10-19-11(2)3)20-12-6-8-13(9-7-12)21-15(16,17)18/h6-9,11,14,19H,4-5,10H2,1-3H3. The van der Waals surface area contributed by atoms with Gasteiger partial charge in [0.25, 0.3) is 0 Å². The van der Waals surface area contributed by atoms with Crippen LogP contribution in [-0.2, 0) is 0 Å². The van der Waals surface area contributed by atoms with Crippen LogP contribution in [0, 0.1) is 0 Å². The number of halogens is 3. The van der Waals surface area contributed by atoms with Crippen molar-refractivity contribution < 1.29 is 22.6 Å². The number of benzene rings is 1. The summed E-state index contributed by atoms with van der Waals surface area (Å²) in [7, 11) is 0. The van der Waals surface area contributed by atoms with Gasteiger partial charge in [0.15, 0.2) is 0 Å². The van der Waals surface area contributed by atoms with Gasteiger partial charge in [-0.05, 0) is 30.7 Å². The highest BCUT2D eigenvalue weighted by molar-refractivity contribution is 5.31. The number of ether oxygens (including phenoxy) is 2. The molecule has 1 aromatic carbocycles. The minimum Gasteiger partial charge on any atom is -0.489 e. The molecule has 0 aliphatic rings. The SMILES string of the molecule is CCCC(CNC(C)C)Oc1ccc(OC(F)(F)F)cc1. The molecule has 0 fully saturated rings. The normalized spacial score (nSPS) is 13.3. The van der Waals surface area contributed by atoms with Crippen molar-refractivity contribution in [2.24, 2.45) is 0 Å². The lowest BCUT2D eigenvalue weighted by Crippen LogP contribution is -2.35. The third-order valence-electron chi connectivity index (χ3n) is 2.72. The smallest absolute Gasteiger partial charge is 0.489 e. The number of nitrogens with one attached hydrogen (secondary N) is 1. The fraction of sp³-hybridized carbons (Fsp3) is 0.600. The summed E-state index contributed by atoms with van der Waals surface area (Å²) in [6.45, 7) is 6.86. The van der Waals surface area contributed by atoms with Gasteiger partial charge in [0.2, 0.25) is 0 Å². The third-order valence-corrected chi connectivity index (χ3v) is 2.72. The molecule has 21 heavy (non-hydrogen) atoms. The van der Waals surface area contributed by atoms with Gasteiger partial charge in [-0.25, -0.2) is 0 Å². The molecule has 0 heterocycles. The van der Waals surface area contributed by atoms with Gasteiger partial charge < -0.3 is 14.8 Å². The van der Waals surface area contributed by atoms with Gasteiger partial charge in [-0.1, -0.05) is 27.2 Å². The summed E-state index contributed by atoms with van der Waals surface area (Å²) in [5.41, 5.74) is 0. The molecule has 0 aliphatic heterocycles. The van der Waals surface area contributed by atoms with E-state index in [4.69, 9.17) is 4.74 Å². The Hall–Kier alpha value is -1.43. The molecule has 0 bridgehead atoms. The van der Waals surface area contributed by atoms with E-state index >= 15 is 0 Å². The molecule has 1 rings (SSSR count). The number of rotatable bonds is 8. The first kappa shape index (κ1) is 17.6. The molecule has 0 aliphatic carbocycles. The average molecular weight is 305 g/mol. The minimum absolute atomic E-state index is 0.00761. The lowest BCUT2D eigenvalue weighted by atomic mass is 10.2. The molecule has 0 radical (unpaired) electrons. The van der Waals surface area contributed by atoms with E-state index in [9.17, 15) is 13.2 Å². The van der Waals surface area contributed by atoms with Crippen molar-refractivity contribution in [3.8, 4) is 11.5 Å². The molecular formula is C15H22F3NO2. The fourth-order valence-corrected chi connectivity index (χ4v) is 1.80. The highest BCUT2D eigenvalue weighted by Crippen LogP contribution is 2.25. The van der Waals surface area contributed by atoms with Gasteiger partial charge in [0.05, 0.1) is 0 Å². The molecule has 1 aromatic rings. The van der Waals surface area contributed by atoms with Crippen LogP contribution in [0.2, 0.25) is 0 Å². The quantitative estimate of drug-likeness (QED) is 0.783. The number of alkyl halides is 3. The van der Waals surface area contributed by atoms with Gasteiger partial charge in [0, 0.05) is 12.6 Å². The molecule has 0 saturated carbocycles. The molecule has 1 N–H and O–H groups in total. The van der Waals surface area contributed by atoms with Crippen LogP contribution in [0.4, 0.5) is 13.2 Å². The Morgan fingerprint density at radius 3 is 2.14 bits per heavy atom. The molecular weight excluding hydrogens is 283 g/mol. The van der Waals surface area contributed by atoms with Crippen molar-refractivity contribution >= 4 is 0 Å². The Morgan fingerprint density at radius 1 is 1.10 bits per heavy atom. The van der Waals surface area contributed by atoms with Crippen molar-refractivity contribution in [3.05, 3.63) is 24.3 Å². The molecule has 3 nitrogen and oxygen atoms in total. The van der Waals surface area contributed by atoms with Gasteiger partial charge in [-0.15, -0.1) is 13.2 Å². The van der Waals surface area contributed by atoms with E-state index in [0.717, 1.165) is 12.8 Å². The second-order valence-electron chi connectivity index (χ2n) is 5.11. The van der Waals surface area contributed by atoms with Crippen LogP contribution < -0.4 is 14.8 Å². The minimum atomic E-state index is -4.67. The molecule has 1 atom stereocenters. The predicted molar refractivity (Wildman–Crippen MR) is 75.6 cm³/mol. The first-order valence-corrected chi connectivity index (χ1v) is 7.06. The molecule has 0 spiro atoms. The Labute approximate surface area is 123 Å². The first-order chi connectivity index (χ1) is 9.80. The van der Waals surface area contributed by atoms with Crippen molar-refractivity contribution in [3.63, 3.8) is 0 Å².